The summed E-state index contributed by atoms with van der Waals surface area (Å²) in [5, 5.41) is 12.8. The van der Waals surface area contributed by atoms with Crippen LogP contribution in [0.25, 0.3) is 0 Å². The van der Waals surface area contributed by atoms with Crippen LogP contribution in [0.15, 0.2) is 36.4 Å². The summed E-state index contributed by atoms with van der Waals surface area (Å²) < 4.78 is 5.03. The van der Waals surface area contributed by atoms with E-state index in [1.165, 1.54) is 31.7 Å². The number of benzene rings is 2. The maximum absolute atomic E-state index is 12.4. The predicted octanol–water partition coefficient (Wildman–Crippen LogP) is 3.56. The Kier molecular flexibility index (Phi) is 4.60. The quantitative estimate of drug-likeness (QED) is 0.902. The lowest BCUT2D eigenvalue weighted by molar-refractivity contribution is 0.102. The van der Waals surface area contributed by atoms with E-state index in [1.807, 2.05) is 25.1 Å². The number of aromatic hydroxyl groups is 1. The lowest BCUT2D eigenvalue weighted by Crippen LogP contribution is -2.19. The van der Waals surface area contributed by atoms with Crippen molar-refractivity contribution in [2.45, 2.75) is 19.8 Å². The highest BCUT2D eigenvalue weighted by Gasteiger charge is 2.16. The number of aryl methyl sites for hydroxylation is 1. The van der Waals surface area contributed by atoms with Crippen LogP contribution in [0.1, 0.15) is 28.8 Å². The van der Waals surface area contributed by atoms with Gasteiger partial charge in [0.15, 0.2) is 0 Å². The topological polar surface area (TPSA) is 61.8 Å². The van der Waals surface area contributed by atoms with E-state index < -0.39 is 0 Å². The molecule has 0 bridgehead atoms. The summed E-state index contributed by atoms with van der Waals surface area (Å²) in [5.41, 5.74) is 3.29. The molecule has 5 heteroatoms. The van der Waals surface area contributed by atoms with Crippen LogP contribution in [0.3, 0.4) is 0 Å². The first kappa shape index (κ1) is 16.2. The van der Waals surface area contributed by atoms with Gasteiger partial charge in [0.25, 0.3) is 5.91 Å². The molecule has 0 saturated carbocycles. The van der Waals surface area contributed by atoms with Crippen molar-refractivity contribution >= 4 is 17.3 Å². The summed E-state index contributed by atoms with van der Waals surface area (Å²) in [5.74, 6) is 0.0654. The van der Waals surface area contributed by atoms with Gasteiger partial charge in [0, 0.05) is 30.5 Å². The van der Waals surface area contributed by atoms with E-state index in [0.29, 0.717) is 5.75 Å². The Labute approximate surface area is 141 Å². The normalized spacial score (nSPS) is 13.8. The summed E-state index contributed by atoms with van der Waals surface area (Å²) in [7, 11) is 1.51. The van der Waals surface area contributed by atoms with Crippen LogP contribution in [0.4, 0.5) is 11.4 Å². The molecule has 1 aliphatic heterocycles. The molecule has 5 nitrogen and oxygen atoms in total. The molecule has 0 aliphatic carbocycles. The fourth-order valence-corrected chi connectivity index (χ4v) is 3.07. The Morgan fingerprint density at radius 1 is 1.17 bits per heavy atom. The summed E-state index contributed by atoms with van der Waals surface area (Å²) in [6.45, 7) is 4.23. The van der Waals surface area contributed by atoms with Gasteiger partial charge in [-0.05, 0) is 55.7 Å². The minimum absolute atomic E-state index is 0.0998. The van der Waals surface area contributed by atoms with Crippen molar-refractivity contribution in [2.75, 3.05) is 30.4 Å². The number of nitrogens with one attached hydrogen (secondary N) is 1. The second-order valence-electron chi connectivity index (χ2n) is 6.03. The van der Waals surface area contributed by atoms with Crippen molar-refractivity contribution < 1.29 is 14.6 Å². The molecular weight excluding hydrogens is 304 g/mol. The lowest BCUT2D eigenvalue weighted by atomic mass is 10.1. The van der Waals surface area contributed by atoms with Crippen molar-refractivity contribution in [1.29, 1.82) is 0 Å². The van der Waals surface area contributed by atoms with Crippen molar-refractivity contribution in [3.05, 3.63) is 47.5 Å². The van der Waals surface area contributed by atoms with E-state index in [-0.39, 0.29) is 17.2 Å². The molecule has 0 radical (unpaired) electrons. The third-order valence-electron chi connectivity index (χ3n) is 4.35. The van der Waals surface area contributed by atoms with Gasteiger partial charge in [-0.1, -0.05) is 0 Å². The highest BCUT2D eigenvalue weighted by molar-refractivity contribution is 6.06. The summed E-state index contributed by atoms with van der Waals surface area (Å²) in [4.78, 5) is 14.7. The number of carbonyl (C=O) groups excluding carboxylic acids is 1. The number of rotatable bonds is 4. The summed E-state index contributed by atoms with van der Waals surface area (Å²) >= 11 is 0. The molecule has 1 fully saturated rings. The number of nitrogens with zero attached hydrogens (tertiary/aromatic N) is 1. The highest BCUT2D eigenvalue weighted by Crippen LogP contribution is 2.28. The number of hydrogen-bond acceptors (Lipinski definition) is 4. The van der Waals surface area contributed by atoms with Crippen LogP contribution in [0, 0.1) is 6.92 Å². The summed E-state index contributed by atoms with van der Waals surface area (Å²) in [6.07, 6.45) is 2.46. The van der Waals surface area contributed by atoms with Crippen LogP contribution in [0.2, 0.25) is 0 Å². The smallest absolute Gasteiger partial charge is 0.259 e. The number of phenolic OH excluding ortho intramolecular Hbond substituents is 1. The Balaban J connectivity index is 1.76. The Hall–Kier alpha value is -2.69. The molecule has 0 unspecified atom stereocenters. The van der Waals surface area contributed by atoms with Gasteiger partial charge in [-0.15, -0.1) is 0 Å². The lowest BCUT2D eigenvalue weighted by Gasteiger charge is -2.20. The van der Waals surface area contributed by atoms with E-state index >= 15 is 0 Å². The van der Waals surface area contributed by atoms with E-state index in [2.05, 4.69) is 10.2 Å². The van der Waals surface area contributed by atoms with Crippen LogP contribution < -0.4 is 15.0 Å². The van der Waals surface area contributed by atoms with Gasteiger partial charge in [-0.2, -0.15) is 0 Å². The number of anilines is 2. The number of ether oxygens (including phenoxy) is 1. The average molecular weight is 326 g/mol. The third kappa shape index (κ3) is 3.30. The van der Waals surface area contributed by atoms with Gasteiger partial charge in [0.05, 0.1) is 12.7 Å². The van der Waals surface area contributed by atoms with Crippen LogP contribution in [-0.4, -0.2) is 31.2 Å². The third-order valence-corrected chi connectivity index (χ3v) is 4.35. The molecule has 0 atom stereocenters. The van der Waals surface area contributed by atoms with E-state index in [0.717, 1.165) is 24.3 Å². The number of phenols is 1. The molecule has 126 valence electrons. The van der Waals surface area contributed by atoms with Gasteiger partial charge in [-0.3, -0.25) is 4.79 Å². The van der Waals surface area contributed by atoms with Gasteiger partial charge >= 0.3 is 0 Å². The second-order valence-corrected chi connectivity index (χ2v) is 6.03. The summed E-state index contributed by atoms with van der Waals surface area (Å²) in [6, 6.07) is 10.5. The first-order valence-electron chi connectivity index (χ1n) is 8.12. The van der Waals surface area contributed by atoms with E-state index in [9.17, 15) is 9.90 Å². The van der Waals surface area contributed by atoms with Crippen LogP contribution >= 0.6 is 0 Å². The second kappa shape index (κ2) is 6.83. The van der Waals surface area contributed by atoms with Crippen LogP contribution in [0.5, 0.6) is 11.5 Å². The van der Waals surface area contributed by atoms with Gasteiger partial charge < -0.3 is 20.1 Å². The van der Waals surface area contributed by atoms with Crippen molar-refractivity contribution in [3.8, 4) is 11.5 Å². The Morgan fingerprint density at radius 3 is 2.54 bits per heavy atom. The largest absolute Gasteiger partial charge is 0.507 e. The zero-order chi connectivity index (χ0) is 17.1. The molecule has 1 amide bonds. The Bertz CT molecular complexity index is 752. The fraction of sp³-hybridized carbons (Fsp3) is 0.316. The average Bonchev–Trinajstić information content (AvgIpc) is 3.08. The molecule has 2 N–H and O–H groups in total. The molecular formula is C19H22N2O3. The number of methoxy groups -OCH3 is 1. The molecule has 0 spiro atoms. The van der Waals surface area contributed by atoms with Gasteiger partial charge in [0.1, 0.15) is 11.5 Å². The molecule has 1 saturated heterocycles. The minimum Gasteiger partial charge on any atom is -0.507 e. The molecule has 0 aromatic heterocycles. The monoisotopic (exact) mass is 326 g/mol. The predicted molar refractivity (Wildman–Crippen MR) is 95.2 cm³/mol. The first-order valence-corrected chi connectivity index (χ1v) is 8.12. The fourth-order valence-electron chi connectivity index (χ4n) is 3.07. The van der Waals surface area contributed by atoms with Crippen LogP contribution in [-0.2, 0) is 0 Å². The first-order chi connectivity index (χ1) is 11.6. The van der Waals surface area contributed by atoms with Gasteiger partial charge in [-0.25, -0.2) is 0 Å². The molecule has 2 aromatic rings. The van der Waals surface area contributed by atoms with E-state index in [4.69, 9.17) is 4.74 Å². The SMILES string of the molecule is COc1ccc(C(=O)Nc2ccc(N3CCCC3)c(C)c2)c(O)c1. The zero-order valence-electron chi connectivity index (χ0n) is 14.0. The number of hydrogen-bond donors (Lipinski definition) is 2. The molecule has 24 heavy (non-hydrogen) atoms. The molecule has 1 aliphatic rings. The highest BCUT2D eigenvalue weighted by atomic mass is 16.5. The van der Waals surface area contributed by atoms with Crippen molar-refractivity contribution in [2.24, 2.45) is 0 Å². The molecule has 3 rings (SSSR count). The molecule has 2 aromatic carbocycles. The Morgan fingerprint density at radius 2 is 1.92 bits per heavy atom. The maximum atomic E-state index is 12.4. The van der Waals surface area contributed by atoms with Crippen molar-refractivity contribution in [3.63, 3.8) is 0 Å². The van der Waals surface area contributed by atoms with Gasteiger partial charge in [0.2, 0.25) is 0 Å². The maximum Gasteiger partial charge on any atom is 0.259 e. The van der Waals surface area contributed by atoms with E-state index in [1.54, 1.807) is 12.1 Å². The molecule has 1 heterocycles. The standard InChI is InChI=1S/C19H22N2O3/c1-13-11-14(5-8-17(13)21-9-3-4-10-21)20-19(23)16-7-6-15(24-2)12-18(16)22/h5-8,11-12,22H,3-4,9-10H2,1-2H3,(H,20,23). The van der Waals surface area contributed by atoms with Crippen molar-refractivity contribution in [1.82, 2.24) is 0 Å². The minimum atomic E-state index is -0.344. The number of carbonyl (C=O) groups is 1. The zero-order valence-corrected chi connectivity index (χ0v) is 14.0. The number of amides is 1.